The van der Waals surface area contributed by atoms with Crippen LogP contribution < -0.4 is 10.2 Å². The Hall–Kier alpha value is -3.07. The minimum atomic E-state index is -0.964. The van der Waals surface area contributed by atoms with Crippen LogP contribution in [0.25, 0.3) is 22.4 Å². The third kappa shape index (κ3) is 3.74. The Morgan fingerprint density at radius 3 is 2.77 bits per heavy atom. The van der Waals surface area contributed by atoms with Crippen molar-refractivity contribution in [1.29, 1.82) is 0 Å². The molecule has 9 heteroatoms. The van der Waals surface area contributed by atoms with Crippen LogP contribution in [-0.2, 0) is 7.05 Å². The van der Waals surface area contributed by atoms with Gasteiger partial charge in [0.25, 0.3) is 0 Å². The molecule has 3 aromatic rings. The Bertz CT molecular complexity index is 1070. The number of fused-ring (bicyclic) bond motifs is 2. The molecule has 31 heavy (non-hydrogen) atoms. The molecule has 2 aromatic heterocycles. The van der Waals surface area contributed by atoms with Gasteiger partial charge in [-0.1, -0.05) is 12.5 Å². The van der Waals surface area contributed by atoms with Crippen LogP contribution in [0, 0.1) is 0 Å². The Morgan fingerprint density at radius 1 is 1.19 bits per heavy atom. The molecule has 2 bridgehead atoms. The average Bonchev–Trinajstić information content (AvgIpc) is 3.22. The summed E-state index contributed by atoms with van der Waals surface area (Å²) in [6.45, 7) is 0. The zero-order valence-corrected chi connectivity index (χ0v) is 17.6. The van der Waals surface area contributed by atoms with Gasteiger partial charge in [-0.2, -0.15) is 5.10 Å². The summed E-state index contributed by atoms with van der Waals surface area (Å²) in [6, 6.07) is 5.35. The predicted molar refractivity (Wildman–Crippen MR) is 115 cm³/mol. The minimum absolute atomic E-state index is 0.0913. The van der Waals surface area contributed by atoms with E-state index in [0.29, 0.717) is 23.2 Å². The molecule has 0 saturated carbocycles. The molecule has 1 aromatic carbocycles. The second-order valence-electron chi connectivity index (χ2n) is 8.54. The fourth-order valence-electron chi connectivity index (χ4n) is 4.75. The van der Waals surface area contributed by atoms with Gasteiger partial charge in [-0.05, 0) is 37.0 Å². The Kier molecular flexibility index (Phi) is 5.05. The van der Waals surface area contributed by atoms with Crippen LogP contribution in [0.5, 0.6) is 5.75 Å². The van der Waals surface area contributed by atoms with E-state index < -0.39 is 6.17 Å². The van der Waals surface area contributed by atoms with E-state index in [4.69, 9.17) is 0 Å². The number of alkyl halides is 1. The normalized spacial score (nSPS) is 25.4. The number of phenolic OH excluding ortho intramolecular Hbond substituents is 1. The van der Waals surface area contributed by atoms with Gasteiger partial charge >= 0.3 is 0 Å². The van der Waals surface area contributed by atoms with E-state index in [0.717, 1.165) is 36.8 Å². The van der Waals surface area contributed by atoms with Crippen LogP contribution in [0.15, 0.2) is 36.8 Å². The summed E-state index contributed by atoms with van der Waals surface area (Å²) in [7, 11) is 3.67. The zero-order chi connectivity index (χ0) is 21.5. The Labute approximate surface area is 180 Å². The largest absolute Gasteiger partial charge is 0.507 e. The first-order valence-corrected chi connectivity index (χ1v) is 10.6. The number of halogens is 1. The average molecular weight is 423 g/mol. The van der Waals surface area contributed by atoms with Gasteiger partial charge in [0.2, 0.25) is 5.95 Å². The predicted octanol–water partition coefficient (Wildman–Crippen LogP) is 2.70. The number of benzene rings is 1. The van der Waals surface area contributed by atoms with Gasteiger partial charge in [-0.25, -0.2) is 9.37 Å². The highest BCUT2D eigenvalue weighted by Gasteiger charge is 2.42. The molecule has 4 atom stereocenters. The molecule has 0 radical (unpaired) electrons. The van der Waals surface area contributed by atoms with E-state index in [1.165, 1.54) is 0 Å². The lowest BCUT2D eigenvalue weighted by Crippen LogP contribution is -2.61. The molecule has 2 saturated heterocycles. The topological polar surface area (TPSA) is 92.0 Å². The van der Waals surface area contributed by atoms with Gasteiger partial charge in [-0.3, -0.25) is 4.68 Å². The molecule has 0 aliphatic carbocycles. The van der Waals surface area contributed by atoms with Crippen LogP contribution in [0.3, 0.4) is 0 Å². The first kappa shape index (κ1) is 19.9. The molecule has 2 aliphatic rings. The number of hydrogen-bond acceptors (Lipinski definition) is 7. The van der Waals surface area contributed by atoms with Gasteiger partial charge in [0.1, 0.15) is 17.6 Å². The van der Waals surface area contributed by atoms with Crippen LogP contribution in [0.2, 0.25) is 0 Å². The van der Waals surface area contributed by atoms with Crippen molar-refractivity contribution in [2.45, 2.75) is 50.0 Å². The number of aryl methyl sites for hydroxylation is 1. The number of anilines is 1. The van der Waals surface area contributed by atoms with Gasteiger partial charge in [0.15, 0.2) is 0 Å². The van der Waals surface area contributed by atoms with Crippen LogP contribution >= 0.6 is 0 Å². The number of nitrogens with one attached hydrogen (secondary N) is 1. The van der Waals surface area contributed by atoms with E-state index in [-0.39, 0.29) is 17.8 Å². The molecule has 2 N–H and O–H groups in total. The molecule has 2 aliphatic heterocycles. The molecule has 8 nitrogen and oxygen atoms in total. The van der Waals surface area contributed by atoms with Crippen molar-refractivity contribution in [3.8, 4) is 28.1 Å². The highest BCUT2D eigenvalue weighted by molar-refractivity contribution is 5.73. The SMILES string of the molecule is CN(c1ncc(-c2ccc(-c3cnn(C)c3)cc2O)nn1)[C@@H]1C[C@H]2CCC[C@@H](N2)[C@@H]1F. The summed E-state index contributed by atoms with van der Waals surface area (Å²) in [5.74, 6) is 0.483. The highest BCUT2D eigenvalue weighted by atomic mass is 19.1. The number of piperidine rings is 2. The van der Waals surface area contributed by atoms with Gasteiger partial charge in [0.05, 0.1) is 18.4 Å². The van der Waals surface area contributed by atoms with Crippen LogP contribution in [0.4, 0.5) is 10.3 Å². The monoisotopic (exact) mass is 423 g/mol. The number of nitrogens with zero attached hydrogens (tertiary/aromatic N) is 6. The lowest BCUT2D eigenvalue weighted by Gasteiger charge is -2.45. The van der Waals surface area contributed by atoms with E-state index >= 15 is 4.39 Å². The standard InChI is InChI=1S/C22H26FN7O/c1-29-12-14(10-25-29)13-6-7-16(20(31)8-13)18-11-24-22(28-27-18)30(2)19-9-15-4-3-5-17(26-15)21(19)23/h6-8,10-12,15,17,19,21,26,31H,3-5,9H2,1-2H3/t15-,17-,19-,21+/m1/s1. The van der Waals surface area contributed by atoms with Crippen LogP contribution in [-0.4, -0.2) is 61.4 Å². The number of hydrogen-bond donors (Lipinski definition) is 2. The number of aromatic nitrogens is 5. The van der Waals surface area contributed by atoms with Crippen molar-refractivity contribution < 1.29 is 9.50 Å². The summed E-state index contributed by atoms with van der Waals surface area (Å²) in [4.78, 5) is 6.23. The molecule has 2 fully saturated rings. The minimum Gasteiger partial charge on any atom is -0.507 e. The third-order valence-corrected chi connectivity index (χ3v) is 6.47. The van der Waals surface area contributed by atoms with Crippen molar-refractivity contribution in [3.63, 3.8) is 0 Å². The summed E-state index contributed by atoms with van der Waals surface area (Å²) in [5.41, 5.74) is 2.78. The van der Waals surface area contributed by atoms with Crippen molar-refractivity contribution in [1.82, 2.24) is 30.3 Å². The quantitative estimate of drug-likeness (QED) is 0.667. The van der Waals surface area contributed by atoms with E-state index in [1.807, 2.05) is 26.4 Å². The van der Waals surface area contributed by atoms with Crippen LogP contribution in [0.1, 0.15) is 25.7 Å². The van der Waals surface area contributed by atoms with Gasteiger partial charge in [-0.15, -0.1) is 10.2 Å². The zero-order valence-electron chi connectivity index (χ0n) is 17.6. The second kappa shape index (κ2) is 7.88. The molecule has 5 rings (SSSR count). The number of aromatic hydroxyl groups is 1. The fraction of sp³-hybridized carbons (Fsp3) is 0.455. The van der Waals surface area contributed by atoms with E-state index in [9.17, 15) is 5.11 Å². The first-order valence-electron chi connectivity index (χ1n) is 10.6. The smallest absolute Gasteiger partial charge is 0.245 e. The first-order chi connectivity index (χ1) is 15.0. The molecule has 0 unspecified atom stereocenters. The molecular weight excluding hydrogens is 397 g/mol. The highest BCUT2D eigenvalue weighted by Crippen LogP contribution is 2.33. The maximum absolute atomic E-state index is 15.0. The van der Waals surface area contributed by atoms with Gasteiger partial charge in [0, 0.05) is 43.5 Å². The number of rotatable bonds is 4. The maximum atomic E-state index is 15.0. The second-order valence-corrected chi connectivity index (χ2v) is 8.54. The van der Waals surface area contributed by atoms with Crippen molar-refractivity contribution in [2.75, 3.05) is 11.9 Å². The van der Waals surface area contributed by atoms with Crippen molar-refractivity contribution in [3.05, 3.63) is 36.8 Å². The Balaban J connectivity index is 1.35. The summed E-state index contributed by atoms with van der Waals surface area (Å²) < 4.78 is 16.7. The lowest BCUT2D eigenvalue weighted by molar-refractivity contribution is 0.106. The number of phenols is 1. The molecule has 4 heterocycles. The van der Waals surface area contributed by atoms with E-state index in [1.54, 1.807) is 34.1 Å². The Morgan fingerprint density at radius 2 is 2.06 bits per heavy atom. The maximum Gasteiger partial charge on any atom is 0.245 e. The fourth-order valence-corrected chi connectivity index (χ4v) is 4.75. The molecule has 0 amide bonds. The summed E-state index contributed by atoms with van der Waals surface area (Å²) >= 11 is 0. The molecule has 162 valence electrons. The molecule has 0 spiro atoms. The molecular formula is C22H26FN7O. The lowest BCUT2D eigenvalue weighted by atomic mass is 9.82. The third-order valence-electron chi connectivity index (χ3n) is 6.47. The van der Waals surface area contributed by atoms with Crippen molar-refractivity contribution in [2.24, 2.45) is 7.05 Å². The van der Waals surface area contributed by atoms with Crippen molar-refractivity contribution >= 4 is 5.95 Å². The summed E-state index contributed by atoms with van der Waals surface area (Å²) in [5, 5.41) is 26.6. The van der Waals surface area contributed by atoms with E-state index in [2.05, 4.69) is 25.6 Å². The van der Waals surface area contributed by atoms with Gasteiger partial charge < -0.3 is 15.3 Å². The summed E-state index contributed by atoms with van der Waals surface area (Å²) in [6.07, 6.45) is 8.00.